The van der Waals surface area contributed by atoms with E-state index in [1.807, 2.05) is 42.6 Å². The number of primary amides is 1. The molecule has 0 unspecified atom stereocenters. The normalized spacial score (nSPS) is 11.8. The Balaban J connectivity index is 1.69. The van der Waals surface area contributed by atoms with Gasteiger partial charge in [-0.1, -0.05) is 36.1 Å². The number of sulfone groups is 1. The van der Waals surface area contributed by atoms with Crippen molar-refractivity contribution < 1.29 is 13.2 Å². The van der Waals surface area contributed by atoms with E-state index in [9.17, 15) is 13.2 Å². The summed E-state index contributed by atoms with van der Waals surface area (Å²) < 4.78 is 26.1. The fraction of sp³-hybridized carbons (Fsp3) is 0.208. The summed E-state index contributed by atoms with van der Waals surface area (Å²) in [6.07, 6.45) is 8.14. The van der Waals surface area contributed by atoms with Gasteiger partial charge in [-0.05, 0) is 37.1 Å². The van der Waals surface area contributed by atoms with Gasteiger partial charge in [-0.15, -0.1) is 0 Å². The van der Waals surface area contributed by atoms with Crippen LogP contribution in [0.1, 0.15) is 19.4 Å². The molecule has 0 saturated carbocycles. The smallest absolute Gasteiger partial charge is 0.235 e. The van der Waals surface area contributed by atoms with E-state index in [0.717, 1.165) is 33.3 Å². The number of rotatable bonds is 5. The maximum atomic E-state index is 11.6. The molecule has 33 heavy (non-hydrogen) atoms. The molecule has 4 aromatic rings. The Labute approximate surface area is 192 Å². The Kier molecular flexibility index (Phi) is 5.56. The van der Waals surface area contributed by atoms with Gasteiger partial charge in [0.2, 0.25) is 5.91 Å². The fourth-order valence-corrected chi connectivity index (χ4v) is 3.93. The summed E-state index contributed by atoms with van der Waals surface area (Å²) >= 11 is 0. The van der Waals surface area contributed by atoms with Crippen LogP contribution in [0, 0.1) is 17.3 Å². The first-order chi connectivity index (χ1) is 15.5. The third-order valence-corrected chi connectivity index (χ3v) is 5.93. The van der Waals surface area contributed by atoms with Crippen LogP contribution in [0.4, 0.5) is 0 Å². The highest BCUT2D eigenvalue weighted by molar-refractivity contribution is 7.89. The molecule has 3 heterocycles. The zero-order valence-corrected chi connectivity index (χ0v) is 19.3. The third-order valence-electron chi connectivity index (χ3n) is 5.20. The molecule has 0 bridgehead atoms. The van der Waals surface area contributed by atoms with E-state index in [-0.39, 0.29) is 5.88 Å². The monoisotopic (exact) mass is 461 g/mol. The third kappa shape index (κ3) is 4.81. The van der Waals surface area contributed by atoms with Crippen LogP contribution >= 0.6 is 0 Å². The van der Waals surface area contributed by atoms with Crippen LogP contribution in [0.25, 0.3) is 27.8 Å². The number of pyridine rings is 1. The van der Waals surface area contributed by atoms with Crippen molar-refractivity contribution in [3.8, 4) is 34.1 Å². The maximum absolute atomic E-state index is 11.6. The molecule has 8 nitrogen and oxygen atoms in total. The minimum atomic E-state index is -3.17. The van der Waals surface area contributed by atoms with Crippen LogP contribution in [0.15, 0.2) is 61.2 Å². The van der Waals surface area contributed by atoms with Crippen molar-refractivity contribution in [1.82, 2.24) is 19.4 Å². The lowest BCUT2D eigenvalue weighted by Crippen LogP contribution is -2.29. The zero-order valence-electron chi connectivity index (χ0n) is 18.5. The second-order valence-corrected chi connectivity index (χ2v) is 10.5. The lowest BCUT2D eigenvalue weighted by molar-refractivity contribution is -0.123. The van der Waals surface area contributed by atoms with Gasteiger partial charge in [0, 0.05) is 29.8 Å². The molecule has 0 fully saturated rings. The van der Waals surface area contributed by atoms with Crippen molar-refractivity contribution >= 4 is 21.3 Å². The van der Waals surface area contributed by atoms with Crippen molar-refractivity contribution in [1.29, 1.82) is 0 Å². The molecule has 3 aromatic heterocycles. The molecule has 2 N–H and O–H groups in total. The quantitative estimate of drug-likeness (QED) is 0.459. The predicted molar refractivity (Wildman–Crippen MR) is 127 cm³/mol. The number of aromatic nitrogens is 4. The molecule has 9 heteroatoms. The minimum Gasteiger partial charge on any atom is -0.368 e. The first-order valence-corrected chi connectivity index (χ1v) is 12.2. The molecule has 0 aliphatic heterocycles. The summed E-state index contributed by atoms with van der Waals surface area (Å²) in [5, 5.41) is 8.57. The van der Waals surface area contributed by atoms with E-state index >= 15 is 0 Å². The molecule has 0 spiro atoms. The second-order valence-electron chi connectivity index (χ2n) is 8.41. The highest BCUT2D eigenvalue weighted by Gasteiger charge is 2.21. The van der Waals surface area contributed by atoms with Gasteiger partial charge in [-0.2, -0.15) is 10.2 Å². The van der Waals surface area contributed by atoms with Crippen molar-refractivity contribution in [3.05, 3.63) is 66.7 Å². The van der Waals surface area contributed by atoms with E-state index in [0.29, 0.717) is 0 Å². The first-order valence-electron chi connectivity index (χ1n) is 10.1. The standard InChI is InChI=1S/C24H23N5O3S/c1-24(2,23(25)30)11-10-19-5-4-12-29-22(19)21(14-27-29)18-8-6-17(7-9-18)20-13-26-28(15-20)16-33(3,31)32/h4-9,12-15H,16H2,1-3H3,(H2,25,30). The molecule has 4 rings (SSSR count). The predicted octanol–water partition coefficient (Wildman–Crippen LogP) is 2.73. The largest absolute Gasteiger partial charge is 0.368 e. The number of nitrogens with two attached hydrogens (primary N) is 1. The summed E-state index contributed by atoms with van der Waals surface area (Å²) in [5.41, 5.74) is 9.66. The lowest BCUT2D eigenvalue weighted by atomic mass is 9.93. The molecule has 0 aliphatic rings. The average Bonchev–Trinajstić information content (AvgIpc) is 3.38. The van der Waals surface area contributed by atoms with Gasteiger partial charge in [-0.25, -0.2) is 12.9 Å². The molecule has 168 valence electrons. The number of hydrogen-bond donors (Lipinski definition) is 1. The van der Waals surface area contributed by atoms with Crippen LogP contribution in [-0.4, -0.2) is 40.0 Å². The van der Waals surface area contributed by atoms with Crippen LogP contribution in [0.2, 0.25) is 0 Å². The molecular formula is C24H23N5O3S. The van der Waals surface area contributed by atoms with Crippen LogP contribution in [0.3, 0.4) is 0 Å². The summed E-state index contributed by atoms with van der Waals surface area (Å²) in [7, 11) is -3.17. The van der Waals surface area contributed by atoms with Gasteiger partial charge in [0.1, 0.15) is 11.3 Å². The number of amides is 1. The van der Waals surface area contributed by atoms with Gasteiger partial charge in [0.25, 0.3) is 0 Å². The molecule has 0 radical (unpaired) electrons. The SMILES string of the molecule is CC(C)(C#Cc1cccn2ncc(-c3ccc(-c4cnn(CS(C)(=O)=O)c4)cc3)c12)C(N)=O. The summed E-state index contributed by atoms with van der Waals surface area (Å²) in [6.45, 7) is 3.38. The minimum absolute atomic E-state index is 0.163. The number of hydrogen-bond acceptors (Lipinski definition) is 5. The van der Waals surface area contributed by atoms with Gasteiger partial charge >= 0.3 is 0 Å². The van der Waals surface area contributed by atoms with E-state index in [1.165, 1.54) is 10.9 Å². The van der Waals surface area contributed by atoms with E-state index in [4.69, 9.17) is 5.73 Å². The highest BCUT2D eigenvalue weighted by atomic mass is 32.2. The van der Waals surface area contributed by atoms with Crippen molar-refractivity contribution in [2.24, 2.45) is 11.1 Å². The van der Waals surface area contributed by atoms with Gasteiger partial charge in [0.15, 0.2) is 9.84 Å². The van der Waals surface area contributed by atoms with Gasteiger partial charge in [0.05, 0.1) is 23.5 Å². The van der Waals surface area contributed by atoms with Crippen LogP contribution in [-0.2, 0) is 20.5 Å². The Bertz CT molecular complexity index is 1520. The van der Waals surface area contributed by atoms with E-state index < -0.39 is 21.2 Å². The topological polar surface area (TPSA) is 112 Å². The van der Waals surface area contributed by atoms with E-state index in [2.05, 4.69) is 22.0 Å². The first kappa shape index (κ1) is 22.3. The number of carbonyl (C=O) groups is 1. The summed E-state index contributed by atoms with van der Waals surface area (Å²) in [6, 6.07) is 11.6. The highest BCUT2D eigenvalue weighted by Crippen LogP contribution is 2.29. The molecule has 0 aliphatic carbocycles. The molecule has 1 aromatic carbocycles. The Hall–Kier alpha value is -3.90. The Morgan fingerprint density at radius 3 is 2.42 bits per heavy atom. The molecular weight excluding hydrogens is 438 g/mol. The van der Waals surface area contributed by atoms with Crippen molar-refractivity contribution in [2.75, 3.05) is 6.26 Å². The van der Waals surface area contributed by atoms with Crippen LogP contribution < -0.4 is 5.73 Å². The van der Waals surface area contributed by atoms with Gasteiger partial charge in [-0.3, -0.25) is 9.48 Å². The number of fused-ring (bicyclic) bond motifs is 1. The molecule has 1 amide bonds. The number of nitrogens with zero attached hydrogens (tertiary/aromatic N) is 4. The fourth-order valence-electron chi connectivity index (χ4n) is 3.31. The zero-order chi connectivity index (χ0) is 23.8. The summed E-state index contributed by atoms with van der Waals surface area (Å²) in [5.74, 6) is 5.42. The van der Waals surface area contributed by atoms with Crippen molar-refractivity contribution in [3.63, 3.8) is 0 Å². The lowest BCUT2D eigenvalue weighted by Gasteiger charge is -2.11. The van der Waals surface area contributed by atoms with Gasteiger partial charge < -0.3 is 5.73 Å². The average molecular weight is 462 g/mol. The molecule has 0 atom stereocenters. The Morgan fingerprint density at radius 2 is 1.76 bits per heavy atom. The van der Waals surface area contributed by atoms with Crippen LogP contribution in [0.5, 0.6) is 0 Å². The maximum Gasteiger partial charge on any atom is 0.235 e. The van der Waals surface area contributed by atoms with E-state index in [1.54, 1.807) is 37.0 Å². The Morgan fingerprint density at radius 1 is 1.06 bits per heavy atom. The second kappa shape index (κ2) is 8.22. The van der Waals surface area contributed by atoms with Crippen molar-refractivity contribution in [2.45, 2.75) is 19.7 Å². The number of carbonyl (C=O) groups excluding carboxylic acids is 1. The number of benzene rings is 1. The molecule has 0 saturated heterocycles. The summed E-state index contributed by atoms with van der Waals surface area (Å²) in [4.78, 5) is 11.6.